The number of unbranched alkanes of at least 4 members (excludes halogenated alkanes) is 4. The van der Waals surface area contributed by atoms with Crippen molar-refractivity contribution in [2.45, 2.75) is 32.1 Å². The Hall–Kier alpha value is -4.18. The van der Waals surface area contributed by atoms with E-state index in [4.69, 9.17) is 14.2 Å². The molecule has 4 rings (SSSR count). The van der Waals surface area contributed by atoms with E-state index in [-0.39, 0.29) is 23.2 Å². The Morgan fingerprint density at radius 3 is 2.20 bits per heavy atom. The summed E-state index contributed by atoms with van der Waals surface area (Å²) in [6.45, 7) is 4.11. The maximum atomic E-state index is 14.1. The number of hydrogen-bond acceptors (Lipinski definition) is 5. The SMILES string of the molecule is C=CCN(C(=O)c1cn(-c2cc(OC)cc(OC)c2)c2cc(OCCCCCCCBr)ccc2c1=O)c1cc(F)cc(F)c1. The third-order valence-electron chi connectivity index (χ3n) is 7.08. The van der Waals surface area contributed by atoms with Crippen LogP contribution in [0.1, 0.15) is 42.5 Å². The number of carbonyl (C=O) groups is 1. The lowest BCUT2D eigenvalue weighted by Gasteiger charge is -2.23. The van der Waals surface area contributed by atoms with Crippen LogP contribution in [0.5, 0.6) is 17.2 Å². The molecule has 44 heavy (non-hydrogen) atoms. The molecule has 0 unspecified atom stereocenters. The van der Waals surface area contributed by atoms with Gasteiger partial charge in [0.25, 0.3) is 5.91 Å². The number of fused-ring (bicyclic) bond motifs is 1. The van der Waals surface area contributed by atoms with Gasteiger partial charge in [-0.2, -0.15) is 0 Å². The highest BCUT2D eigenvalue weighted by Crippen LogP contribution is 2.29. The number of halogens is 3. The molecule has 0 radical (unpaired) electrons. The van der Waals surface area contributed by atoms with Gasteiger partial charge in [0, 0.05) is 53.8 Å². The minimum Gasteiger partial charge on any atom is -0.497 e. The van der Waals surface area contributed by atoms with Crippen molar-refractivity contribution >= 4 is 38.4 Å². The normalized spacial score (nSPS) is 10.9. The zero-order valence-corrected chi connectivity index (χ0v) is 26.4. The third kappa shape index (κ3) is 7.85. The van der Waals surface area contributed by atoms with Gasteiger partial charge in [-0.25, -0.2) is 8.78 Å². The van der Waals surface area contributed by atoms with Crippen LogP contribution in [0.4, 0.5) is 14.5 Å². The highest BCUT2D eigenvalue weighted by atomic mass is 79.9. The summed E-state index contributed by atoms with van der Waals surface area (Å²) in [4.78, 5) is 28.9. The van der Waals surface area contributed by atoms with Crippen LogP contribution in [-0.4, -0.2) is 43.2 Å². The highest BCUT2D eigenvalue weighted by Gasteiger charge is 2.24. The van der Waals surface area contributed by atoms with Gasteiger partial charge in [0.05, 0.1) is 37.7 Å². The number of carbonyl (C=O) groups excluding carboxylic acids is 1. The lowest BCUT2D eigenvalue weighted by molar-refractivity contribution is 0.0988. The molecule has 1 heterocycles. The fraction of sp³-hybridized carbons (Fsp3) is 0.294. The van der Waals surface area contributed by atoms with Gasteiger partial charge >= 0.3 is 0 Å². The molecule has 0 N–H and O–H groups in total. The fourth-order valence-electron chi connectivity index (χ4n) is 4.88. The van der Waals surface area contributed by atoms with Crippen molar-refractivity contribution in [2.24, 2.45) is 0 Å². The molecule has 0 bridgehead atoms. The van der Waals surface area contributed by atoms with E-state index in [0.717, 1.165) is 54.5 Å². The van der Waals surface area contributed by atoms with E-state index in [1.807, 2.05) is 0 Å². The maximum absolute atomic E-state index is 14.1. The molecule has 0 saturated heterocycles. The highest BCUT2D eigenvalue weighted by molar-refractivity contribution is 9.09. The van der Waals surface area contributed by atoms with Crippen molar-refractivity contribution in [3.8, 4) is 22.9 Å². The van der Waals surface area contributed by atoms with Crippen LogP contribution in [0.3, 0.4) is 0 Å². The number of alkyl halides is 1. The predicted molar refractivity (Wildman–Crippen MR) is 173 cm³/mol. The molecule has 0 aliphatic heterocycles. The number of amides is 1. The zero-order chi connectivity index (χ0) is 31.6. The molecule has 0 aliphatic rings. The van der Waals surface area contributed by atoms with Gasteiger partial charge in [-0.05, 0) is 37.1 Å². The molecule has 0 saturated carbocycles. The van der Waals surface area contributed by atoms with Gasteiger partial charge < -0.3 is 23.7 Å². The van der Waals surface area contributed by atoms with Gasteiger partial charge in [-0.3, -0.25) is 9.59 Å². The molecule has 0 atom stereocenters. The zero-order valence-electron chi connectivity index (χ0n) is 24.8. The van der Waals surface area contributed by atoms with Crippen LogP contribution in [0, 0.1) is 11.6 Å². The lowest BCUT2D eigenvalue weighted by atomic mass is 10.1. The second-order valence-corrected chi connectivity index (χ2v) is 10.9. The van der Waals surface area contributed by atoms with E-state index in [1.54, 1.807) is 41.0 Å². The summed E-state index contributed by atoms with van der Waals surface area (Å²) >= 11 is 3.45. The Balaban J connectivity index is 1.82. The first-order valence-corrected chi connectivity index (χ1v) is 15.4. The van der Waals surface area contributed by atoms with Crippen molar-refractivity contribution in [2.75, 3.05) is 37.6 Å². The molecular weight excluding hydrogens is 634 g/mol. The number of anilines is 1. The lowest BCUT2D eigenvalue weighted by Crippen LogP contribution is -2.35. The van der Waals surface area contributed by atoms with Crippen LogP contribution >= 0.6 is 15.9 Å². The summed E-state index contributed by atoms with van der Waals surface area (Å²) in [5.74, 6) is -0.889. The molecule has 4 aromatic rings. The largest absolute Gasteiger partial charge is 0.497 e. The Kier molecular flexibility index (Phi) is 11.5. The summed E-state index contributed by atoms with van der Waals surface area (Å²) in [7, 11) is 3.04. The van der Waals surface area contributed by atoms with Gasteiger partial charge in [0.15, 0.2) is 0 Å². The predicted octanol–water partition coefficient (Wildman–Crippen LogP) is 7.84. The van der Waals surface area contributed by atoms with E-state index in [1.165, 1.54) is 26.5 Å². The molecule has 0 aliphatic carbocycles. The Morgan fingerprint density at radius 2 is 1.57 bits per heavy atom. The molecular formula is C34H35BrF2N2O5. The number of methoxy groups -OCH3 is 2. The topological polar surface area (TPSA) is 70.0 Å². The standard InChI is InChI=1S/C34H35BrF2N2O5/c1-4-13-38(25-16-23(36)15-24(37)17-25)34(41)31-22-39(26-18-28(42-2)20-29(19-26)43-3)32-21-27(10-11-30(32)33(31)40)44-14-9-7-5-6-8-12-35/h4,10-11,15-22H,1,5-9,12-14H2,2-3H3. The molecule has 7 nitrogen and oxygen atoms in total. The first-order chi connectivity index (χ1) is 21.3. The van der Waals surface area contributed by atoms with E-state index in [9.17, 15) is 18.4 Å². The Labute approximate surface area is 263 Å². The average molecular weight is 670 g/mol. The monoisotopic (exact) mass is 668 g/mol. The van der Waals surface area contributed by atoms with Crippen LogP contribution in [-0.2, 0) is 0 Å². The van der Waals surface area contributed by atoms with E-state index >= 15 is 0 Å². The Bertz CT molecular complexity index is 1650. The molecule has 1 aromatic heterocycles. The first-order valence-electron chi connectivity index (χ1n) is 14.3. The smallest absolute Gasteiger partial charge is 0.264 e. The number of ether oxygens (including phenoxy) is 3. The second-order valence-electron chi connectivity index (χ2n) is 10.1. The number of rotatable bonds is 15. The molecule has 3 aromatic carbocycles. The van der Waals surface area contributed by atoms with Crippen molar-refractivity contribution in [1.82, 2.24) is 4.57 Å². The third-order valence-corrected chi connectivity index (χ3v) is 7.64. The van der Waals surface area contributed by atoms with E-state index in [0.29, 0.717) is 41.1 Å². The van der Waals surface area contributed by atoms with Crippen LogP contribution in [0.2, 0.25) is 0 Å². The van der Waals surface area contributed by atoms with Crippen molar-refractivity contribution in [1.29, 1.82) is 0 Å². The molecule has 10 heteroatoms. The van der Waals surface area contributed by atoms with Gasteiger partial charge in [0.2, 0.25) is 5.43 Å². The van der Waals surface area contributed by atoms with Gasteiger partial charge in [-0.15, -0.1) is 6.58 Å². The van der Waals surface area contributed by atoms with Crippen molar-refractivity contribution in [3.63, 3.8) is 0 Å². The maximum Gasteiger partial charge on any atom is 0.264 e. The van der Waals surface area contributed by atoms with Gasteiger partial charge in [-0.1, -0.05) is 41.3 Å². The van der Waals surface area contributed by atoms with E-state index < -0.39 is 23.0 Å². The van der Waals surface area contributed by atoms with Crippen molar-refractivity contribution in [3.05, 3.63) is 101 Å². The number of aromatic nitrogens is 1. The summed E-state index contributed by atoms with van der Waals surface area (Å²) in [6.07, 6.45) is 8.22. The summed E-state index contributed by atoms with van der Waals surface area (Å²) in [6, 6.07) is 13.0. The first kappa shape index (κ1) is 32.7. The van der Waals surface area contributed by atoms with Crippen LogP contribution in [0.25, 0.3) is 16.6 Å². The number of hydrogen-bond donors (Lipinski definition) is 0. The van der Waals surface area contributed by atoms with Gasteiger partial charge in [0.1, 0.15) is 34.4 Å². The molecule has 232 valence electrons. The Morgan fingerprint density at radius 1 is 0.909 bits per heavy atom. The molecule has 1 amide bonds. The minimum absolute atomic E-state index is 0.0440. The van der Waals surface area contributed by atoms with Crippen LogP contribution < -0.4 is 24.5 Å². The quantitative estimate of drug-likeness (QED) is 0.0733. The second kappa shape index (κ2) is 15.5. The number of nitrogens with zero attached hydrogens (tertiary/aromatic N) is 2. The fourth-order valence-corrected chi connectivity index (χ4v) is 5.28. The number of benzene rings is 3. The average Bonchev–Trinajstić information content (AvgIpc) is 3.02. The van der Waals surface area contributed by atoms with Crippen LogP contribution in [0.15, 0.2) is 78.2 Å². The van der Waals surface area contributed by atoms with E-state index in [2.05, 4.69) is 22.5 Å². The number of pyridine rings is 1. The summed E-state index contributed by atoms with van der Waals surface area (Å²) in [5, 5.41) is 1.26. The summed E-state index contributed by atoms with van der Waals surface area (Å²) < 4.78 is 46.9. The molecule has 0 spiro atoms. The summed E-state index contributed by atoms with van der Waals surface area (Å²) in [5.41, 5.74) is 0.251. The minimum atomic E-state index is -0.854. The van der Waals surface area contributed by atoms with Crippen molar-refractivity contribution < 1.29 is 27.8 Å². The molecule has 0 fully saturated rings.